The Morgan fingerprint density at radius 3 is 2.63 bits per heavy atom. The van der Waals surface area contributed by atoms with Gasteiger partial charge in [-0.15, -0.1) is 0 Å². The minimum absolute atomic E-state index is 0.212. The summed E-state index contributed by atoms with van der Waals surface area (Å²) < 4.78 is 5.79. The first kappa shape index (κ1) is 16.9. The standard InChI is InChI=1S/C15H31NO3/c1-11-5-4-6-15(7-11)19-10-14(18)9-16-12(2)8-13(3)17/h11-18H,4-10H2,1-3H3. The number of aliphatic hydroxyl groups is 2. The lowest BCUT2D eigenvalue weighted by molar-refractivity contribution is -0.0313. The molecule has 5 atom stereocenters. The molecule has 0 amide bonds. The van der Waals surface area contributed by atoms with Crippen LogP contribution in [0.5, 0.6) is 0 Å². The molecule has 3 N–H and O–H groups in total. The molecule has 1 rings (SSSR count). The highest BCUT2D eigenvalue weighted by Gasteiger charge is 2.20. The van der Waals surface area contributed by atoms with Crippen LogP contribution in [0.15, 0.2) is 0 Å². The Labute approximate surface area is 117 Å². The first-order valence-corrected chi connectivity index (χ1v) is 7.68. The SMILES string of the molecule is CC(O)CC(C)NCC(O)COC1CCCC(C)C1. The van der Waals surface area contributed by atoms with Crippen LogP contribution in [0.25, 0.3) is 0 Å². The highest BCUT2D eigenvalue weighted by Crippen LogP contribution is 2.25. The summed E-state index contributed by atoms with van der Waals surface area (Å²) in [5.41, 5.74) is 0. The van der Waals surface area contributed by atoms with Crippen LogP contribution in [0.4, 0.5) is 0 Å². The van der Waals surface area contributed by atoms with E-state index in [2.05, 4.69) is 12.2 Å². The van der Waals surface area contributed by atoms with E-state index in [1.54, 1.807) is 6.92 Å². The molecule has 19 heavy (non-hydrogen) atoms. The molecule has 4 nitrogen and oxygen atoms in total. The summed E-state index contributed by atoms with van der Waals surface area (Å²) in [5.74, 6) is 0.750. The number of hydrogen-bond acceptors (Lipinski definition) is 4. The van der Waals surface area contributed by atoms with Gasteiger partial charge in [-0.1, -0.05) is 19.8 Å². The maximum Gasteiger partial charge on any atom is 0.0897 e. The van der Waals surface area contributed by atoms with Gasteiger partial charge in [0.1, 0.15) is 0 Å². The number of ether oxygens (including phenoxy) is 1. The predicted octanol–water partition coefficient (Wildman–Crippen LogP) is 1.69. The van der Waals surface area contributed by atoms with Crippen molar-refractivity contribution >= 4 is 0 Å². The van der Waals surface area contributed by atoms with Crippen molar-refractivity contribution in [3.63, 3.8) is 0 Å². The molecular weight excluding hydrogens is 242 g/mol. The van der Waals surface area contributed by atoms with Crippen LogP contribution in [0, 0.1) is 5.92 Å². The van der Waals surface area contributed by atoms with Crippen molar-refractivity contribution in [2.24, 2.45) is 5.92 Å². The van der Waals surface area contributed by atoms with Crippen LogP contribution >= 0.6 is 0 Å². The predicted molar refractivity (Wildman–Crippen MR) is 77.1 cm³/mol. The van der Waals surface area contributed by atoms with Crippen LogP contribution in [-0.2, 0) is 4.74 Å². The highest BCUT2D eigenvalue weighted by molar-refractivity contribution is 4.72. The third-order valence-corrected chi connectivity index (χ3v) is 3.81. The average molecular weight is 273 g/mol. The number of rotatable bonds is 8. The maximum atomic E-state index is 9.88. The number of hydrogen-bond donors (Lipinski definition) is 3. The quantitative estimate of drug-likeness (QED) is 0.630. The van der Waals surface area contributed by atoms with Gasteiger partial charge in [-0.3, -0.25) is 0 Å². The van der Waals surface area contributed by atoms with Gasteiger partial charge in [-0.2, -0.15) is 0 Å². The van der Waals surface area contributed by atoms with E-state index in [0.29, 0.717) is 25.7 Å². The lowest BCUT2D eigenvalue weighted by atomic mass is 9.89. The van der Waals surface area contributed by atoms with Crippen LogP contribution in [0.3, 0.4) is 0 Å². The second-order valence-electron chi connectivity index (χ2n) is 6.27. The Balaban J connectivity index is 2.08. The molecule has 0 aliphatic heterocycles. The zero-order valence-electron chi connectivity index (χ0n) is 12.6. The fourth-order valence-electron chi connectivity index (χ4n) is 2.77. The zero-order chi connectivity index (χ0) is 14.3. The monoisotopic (exact) mass is 273 g/mol. The van der Waals surface area contributed by atoms with Gasteiger partial charge in [-0.25, -0.2) is 0 Å². The molecule has 0 radical (unpaired) electrons. The normalized spacial score (nSPS) is 28.9. The molecule has 1 aliphatic carbocycles. The lowest BCUT2D eigenvalue weighted by Crippen LogP contribution is -2.38. The first-order chi connectivity index (χ1) is 8.97. The molecule has 0 saturated heterocycles. The summed E-state index contributed by atoms with van der Waals surface area (Å²) in [6.07, 6.45) is 5.06. The molecule has 0 aromatic rings. The van der Waals surface area contributed by atoms with Crippen molar-refractivity contribution in [1.29, 1.82) is 0 Å². The molecule has 1 saturated carbocycles. The Morgan fingerprint density at radius 1 is 1.26 bits per heavy atom. The van der Waals surface area contributed by atoms with E-state index in [0.717, 1.165) is 18.8 Å². The first-order valence-electron chi connectivity index (χ1n) is 7.68. The van der Waals surface area contributed by atoms with Gasteiger partial charge in [-0.05, 0) is 39.0 Å². The topological polar surface area (TPSA) is 61.7 Å². The van der Waals surface area contributed by atoms with Crippen molar-refractivity contribution in [2.75, 3.05) is 13.2 Å². The third-order valence-electron chi connectivity index (χ3n) is 3.81. The molecule has 0 bridgehead atoms. The number of nitrogens with one attached hydrogen (secondary N) is 1. The van der Waals surface area contributed by atoms with Gasteiger partial charge >= 0.3 is 0 Å². The lowest BCUT2D eigenvalue weighted by Gasteiger charge is -2.28. The fraction of sp³-hybridized carbons (Fsp3) is 1.00. The minimum atomic E-state index is -0.464. The van der Waals surface area contributed by atoms with Gasteiger partial charge in [0, 0.05) is 12.6 Å². The Bertz CT molecular complexity index is 235. The smallest absolute Gasteiger partial charge is 0.0897 e. The van der Waals surface area contributed by atoms with Gasteiger partial charge in [0.15, 0.2) is 0 Å². The zero-order valence-corrected chi connectivity index (χ0v) is 12.6. The fourth-order valence-corrected chi connectivity index (χ4v) is 2.77. The van der Waals surface area contributed by atoms with Crippen molar-refractivity contribution in [3.8, 4) is 0 Å². The van der Waals surface area contributed by atoms with E-state index in [4.69, 9.17) is 4.74 Å². The molecule has 114 valence electrons. The minimum Gasteiger partial charge on any atom is -0.393 e. The second kappa shape index (κ2) is 8.90. The molecular formula is C15H31NO3. The van der Waals surface area contributed by atoms with Crippen LogP contribution in [0.1, 0.15) is 52.9 Å². The summed E-state index contributed by atoms with van der Waals surface area (Å²) in [4.78, 5) is 0. The second-order valence-corrected chi connectivity index (χ2v) is 6.27. The molecule has 1 aliphatic rings. The van der Waals surface area contributed by atoms with E-state index in [-0.39, 0.29) is 12.1 Å². The summed E-state index contributed by atoms with van der Waals surface area (Å²) in [7, 11) is 0. The van der Waals surface area contributed by atoms with Crippen molar-refractivity contribution in [2.45, 2.75) is 77.2 Å². The summed E-state index contributed by atoms with van der Waals surface area (Å²) in [6.45, 7) is 7.00. The van der Waals surface area contributed by atoms with Crippen molar-refractivity contribution in [3.05, 3.63) is 0 Å². The molecule has 0 spiro atoms. The van der Waals surface area contributed by atoms with Crippen molar-refractivity contribution < 1.29 is 14.9 Å². The van der Waals surface area contributed by atoms with E-state index in [9.17, 15) is 10.2 Å². The van der Waals surface area contributed by atoms with E-state index in [1.165, 1.54) is 12.8 Å². The molecule has 5 unspecified atom stereocenters. The molecule has 0 heterocycles. The van der Waals surface area contributed by atoms with Gasteiger partial charge in [0.25, 0.3) is 0 Å². The van der Waals surface area contributed by atoms with Gasteiger partial charge in [0.05, 0.1) is 24.9 Å². The number of aliphatic hydroxyl groups excluding tert-OH is 2. The molecule has 0 aromatic heterocycles. The average Bonchev–Trinajstić information content (AvgIpc) is 2.33. The van der Waals surface area contributed by atoms with Gasteiger partial charge < -0.3 is 20.3 Å². The maximum absolute atomic E-state index is 9.88. The Kier molecular flexibility index (Phi) is 7.91. The summed E-state index contributed by atoms with van der Waals surface area (Å²) in [5, 5.41) is 22.4. The van der Waals surface area contributed by atoms with Crippen LogP contribution in [-0.4, -0.2) is 47.7 Å². The van der Waals surface area contributed by atoms with E-state index < -0.39 is 6.10 Å². The van der Waals surface area contributed by atoms with Gasteiger partial charge in [0.2, 0.25) is 0 Å². The highest BCUT2D eigenvalue weighted by atomic mass is 16.5. The Hall–Kier alpha value is -0.160. The van der Waals surface area contributed by atoms with Crippen LogP contribution in [0.2, 0.25) is 0 Å². The third kappa shape index (κ3) is 7.88. The Morgan fingerprint density at radius 2 is 2.00 bits per heavy atom. The van der Waals surface area contributed by atoms with E-state index in [1.807, 2.05) is 6.92 Å². The van der Waals surface area contributed by atoms with Crippen LogP contribution < -0.4 is 5.32 Å². The van der Waals surface area contributed by atoms with Crippen molar-refractivity contribution in [1.82, 2.24) is 5.32 Å². The summed E-state index contributed by atoms with van der Waals surface area (Å²) in [6, 6.07) is 0.212. The van der Waals surface area contributed by atoms with E-state index >= 15 is 0 Å². The molecule has 4 heteroatoms. The summed E-state index contributed by atoms with van der Waals surface area (Å²) >= 11 is 0. The molecule has 0 aromatic carbocycles. The largest absolute Gasteiger partial charge is 0.393 e. The molecule has 1 fully saturated rings.